The zero-order valence-electron chi connectivity index (χ0n) is 11.5. The molecule has 1 atom stereocenters. The van der Waals surface area contributed by atoms with E-state index in [0.717, 1.165) is 17.1 Å². The van der Waals surface area contributed by atoms with Crippen LogP contribution in [-0.4, -0.2) is 43.4 Å². The van der Waals surface area contributed by atoms with Gasteiger partial charge in [-0.3, -0.25) is 4.79 Å². The van der Waals surface area contributed by atoms with Crippen molar-refractivity contribution in [3.63, 3.8) is 0 Å². The van der Waals surface area contributed by atoms with Gasteiger partial charge in [-0.05, 0) is 18.8 Å². The van der Waals surface area contributed by atoms with Crippen LogP contribution in [0.25, 0.3) is 0 Å². The summed E-state index contributed by atoms with van der Waals surface area (Å²) in [5, 5.41) is 9.00. The molecule has 0 heterocycles. The van der Waals surface area contributed by atoms with E-state index >= 15 is 0 Å². The van der Waals surface area contributed by atoms with Crippen LogP contribution in [0.2, 0.25) is 0 Å². The van der Waals surface area contributed by atoms with Crippen molar-refractivity contribution in [2.24, 2.45) is 5.92 Å². The Morgan fingerprint density at radius 1 is 1.39 bits per heavy atom. The van der Waals surface area contributed by atoms with E-state index in [2.05, 4.69) is 4.72 Å². The van der Waals surface area contributed by atoms with E-state index in [1.807, 2.05) is 20.8 Å². The van der Waals surface area contributed by atoms with Crippen molar-refractivity contribution in [2.75, 3.05) is 13.6 Å². The number of hydrogen-bond acceptors (Lipinski definition) is 3. The van der Waals surface area contributed by atoms with E-state index in [1.165, 1.54) is 7.05 Å². The normalized spacial score (nSPS) is 14.1. The SMILES string of the molecule is CCCCN(C)S(=O)(=O)N[C@@H](CC(C)C)C(=O)O. The number of nitrogens with zero attached hydrogens (tertiary/aromatic N) is 1. The smallest absolute Gasteiger partial charge is 0.321 e. The Morgan fingerprint density at radius 2 is 1.94 bits per heavy atom. The maximum absolute atomic E-state index is 11.9. The molecule has 0 rings (SSSR count). The van der Waals surface area contributed by atoms with Gasteiger partial charge in [-0.25, -0.2) is 0 Å². The van der Waals surface area contributed by atoms with E-state index in [9.17, 15) is 13.2 Å². The Labute approximate surface area is 110 Å². The molecule has 0 aromatic heterocycles. The molecular weight excluding hydrogens is 256 g/mol. The summed E-state index contributed by atoms with van der Waals surface area (Å²) < 4.78 is 27.2. The second kappa shape index (κ2) is 7.70. The first-order chi connectivity index (χ1) is 8.20. The molecule has 0 radical (unpaired) electrons. The summed E-state index contributed by atoms with van der Waals surface area (Å²) >= 11 is 0. The van der Waals surface area contributed by atoms with Gasteiger partial charge >= 0.3 is 5.97 Å². The van der Waals surface area contributed by atoms with Crippen molar-refractivity contribution < 1.29 is 18.3 Å². The van der Waals surface area contributed by atoms with Crippen molar-refractivity contribution in [1.82, 2.24) is 9.03 Å². The van der Waals surface area contributed by atoms with Crippen LogP contribution >= 0.6 is 0 Å². The lowest BCUT2D eigenvalue weighted by Gasteiger charge is -2.21. The standard InChI is InChI=1S/C11H24N2O4S/c1-5-6-7-13(4)18(16,17)12-10(11(14)15)8-9(2)3/h9-10,12H,5-8H2,1-4H3,(H,14,15)/t10-/m0/s1. The highest BCUT2D eigenvalue weighted by molar-refractivity contribution is 7.87. The first-order valence-corrected chi connectivity index (χ1v) is 7.61. The molecule has 2 N–H and O–H groups in total. The minimum atomic E-state index is -3.72. The molecule has 0 saturated heterocycles. The number of nitrogens with one attached hydrogen (secondary N) is 1. The largest absolute Gasteiger partial charge is 0.480 e. The minimum absolute atomic E-state index is 0.106. The summed E-state index contributed by atoms with van der Waals surface area (Å²) in [5.74, 6) is -1.04. The first kappa shape index (κ1) is 17.3. The Balaban J connectivity index is 4.64. The first-order valence-electron chi connectivity index (χ1n) is 6.17. The van der Waals surface area contributed by atoms with Crippen LogP contribution in [-0.2, 0) is 15.0 Å². The molecule has 0 fully saturated rings. The molecular formula is C11H24N2O4S. The molecule has 7 heteroatoms. The van der Waals surface area contributed by atoms with E-state index in [-0.39, 0.29) is 12.3 Å². The summed E-state index contributed by atoms with van der Waals surface area (Å²) in [6, 6.07) is -1.07. The van der Waals surface area contributed by atoms with Gasteiger partial charge in [0.1, 0.15) is 6.04 Å². The lowest BCUT2D eigenvalue weighted by atomic mass is 10.1. The number of aliphatic carboxylic acids is 1. The molecule has 0 aromatic carbocycles. The quantitative estimate of drug-likeness (QED) is 0.661. The van der Waals surface area contributed by atoms with Crippen LogP contribution in [0.5, 0.6) is 0 Å². The predicted octanol–water partition coefficient (Wildman–Crippen LogP) is 1.05. The van der Waals surface area contributed by atoms with Gasteiger partial charge in [0.2, 0.25) is 0 Å². The number of carbonyl (C=O) groups is 1. The Morgan fingerprint density at radius 3 is 2.33 bits per heavy atom. The summed E-state index contributed by atoms with van der Waals surface area (Å²) in [6.07, 6.45) is 1.91. The van der Waals surface area contributed by atoms with Gasteiger partial charge in [-0.1, -0.05) is 27.2 Å². The molecule has 0 unspecified atom stereocenters. The van der Waals surface area contributed by atoms with Crippen LogP contribution in [0.1, 0.15) is 40.0 Å². The van der Waals surface area contributed by atoms with Crippen molar-refractivity contribution in [3.05, 3.63) is 0 Å². The molecule has 0 saturated carbocycles. The number of hydrogen-bond donors (Lipinski definition) is 2. The molecule has 0 amide bonds. The third kappa shape index (κ3) is 6.32. The summed E-state index contributed by atoms with van der Waals surface area (Å²) in [6.45, 7) is 6.06. The van der Waals surface area contributed by atoms with Crippen LogP contribution in [0.15, 0.2) is 0 Å². The Hall–Kier alpha value is -0.660. The van der Waals surface area contributed by atoms with Crippen molar-refractivity contribution in [2.45, 2.75) is 46.1 Å². The fourth-order valence-corrected chi connectivity index (χ4v) is 2.55. The third-order valence-electron chi connectivity index (χ3n) is 2.53. The van der Waals surface area contributed by atoms with Gasteiger partial charge in [0.15, 0.2) is 0 Å². The average molecular weight is 280 g/mol. The zero-order valence-corrected chi connectivity index (χ0v) is 12.3. The second-order valence-corrected chi connectivity index (χ2v) is 6.63. The van der Waals surface area contributed by atoms with Crippen LogP contribution in [0, 0.1) is 5.92 Å². The monoisotopic (exact) mass is 280 g/mol. The van der Waals surface area contributed by atoms with Gasteiger partial charge in [-0.2, -0.15) is 17.4 Å². The van der Waals surface area contributed by atoms with Crippen molar-refractivity contribution in [1.29, 1.82) is 0 Å². The number of unbranched alkanes of at least 4 members (excludes halogenated alkanes) is 1. The average Bonchev–Trinajstić information content (AvgIpc) is 2.23. The van der Waals surface area contributed by atoms with Crippen LogP contribution < -0.4 is 4.72 Å². The molecule has 0 aliphatic carbocycles. The minimum Gasteiger partial charge on any atom is -0.480 e. The lowest BCUT2D eigenvalue weighted by molar-refractivity contribution is -0.139. The van der Waals surface area contributed by atoms with Crippen molar-refractivity contribution in [3.8, 4) is 0 Å². The van der Waals surface area contributed by atoms with E-state index in [0.29, 0.717) is 6.54 Å². The molecule has 0 bridgehead atoms. The highest BCUT2D eigenvalue weighted by Gasteiger charge is 2.27. The van der Waals surface area contributed by atoms with Gasteiger partial charge < -0.3 is 5.11 Å². The van der Waals surface area contributed by atoms with Gasteiger partial charge in [0, 0.05) is 13.6 Å². The van der Waals surface area contributed by atoms with Gasteiger partial charge in [0.25, 0.3) is 10.2 Å². The van der Waals surface area contributed by atoms with Gasteiger partial charge in [-0.15, -0.1) is 0 Å². The summed E-state index contributed by atoms with van der Waals surface area (Å²) in [7, 11) is -2.27. The number of carboxylic acid groups (broad SMARTS) is 1. The highest BCUT2D eigenvalue weighted by atomic mass is 32.2. The molecule has 0 aliphatic rings. The predicted molar refractivity (Wildman–Crippen MR) is 70.5 cm³/mol. The van der Waals surface area contributed by atoms with Crippen LogP contribution in [0.4, 0.5) is 0 Å². The molecule has 18 heavy (non-hydrogen) atoms. The molecule has 108 valence electrons. The van der Waals surface area contributed by atoms with E-state index in [4.69, 9.17) is 5.11 Å². The molecule has 6 nitrogen and oxygen atoms in total. The second-order valence-electron chi connectivity index (χ2n) is 4.82. The van der Waals surface area contributed by atoms with Crippen molar-refractivity contribution >= 4 is 16.2 Å². The highest BCUT2D eigenvalue weighted by Crippen LogP contribution is 2.08. The van der Waals surface area contributed by atoms with E-state index in [1.54, 1.807) is 0 Å². The summed E-state index contributed by atoms with van der Waals surface area (Å²) in [5.41, 5.74) is 0. The number of rotatable bonds is 9. The maximum atomic E-state index is 11.9. The Bertz CT molecular complexity index is 354. The lowest BCUT2D eigenvalue weighted by Crippen LogP contribution is -2.47. The van der Waals surface area contributed by atoms with Crippen LogP contribution in [0.3, 0.4) is 0 Å². The molecule has 0 aromatic rings. The maximum Gasteiger partial charge on any atom is 0.321 e. The zero-order chi connectivity index (χ0) is 14.3. The fraction of sp³-hybridized carbons (Fsp3) is 0.909. The molecule has 0 spiro atoms. The Kier molecular flexibility index (Phi) is 7.42. The summed E-state index contributed by atoms with van der Waals surface area (Å²) in [4.78, 5) is 11.0. The number of carboxylic acids is 1. The van der Waals surface area contributed by atoms with E-state index < -0.39 is 22.2 Å². The molecule has 0 aliphatic heterocycles. The third-order valence-corrected chi connectivity index (χ3v) is 4.12. The van der Waals surface area contributed by atoms with Gasteiger partial charge in [0.05, 0.1) is 0 Å². The fourth-order valence-electron chi connectivity index (χ4n) is 1.44. The topological polar surface area (TPSA) is 86.7 Å².